The summed E-state index contributed by atoms with van der Waals surface area (Å²) in [5.74, 6) is -0.0910. The molecule has 0 spiro atoms. The van der Waals surface area contributed by atoms with E-state index >= 15 is 0 Å². The maximum Gasteiger partial charge on any atom is 0.307 e. The number of carbonyl (C=O) groups excluding carboxylic acids is 1. The second kappa shape index (κ2) is 7.66. The summed E-state index contributed by atoms with van der Waals surface area (Å²) < 4.78 is 4.71. The molecule has 3 nitrogen and oxygen atoms in total. The summed E-state index contributed by atoms with van der Waals surface area (Å²) in [5.41, 5.74) is 0. The van der Waals surface area contributed by atoms with Gasteiger partial charge in [0.05, 0.1) is 13.5 Å². The molecule has 1 fully saturated rings. The van der Waals surface area contributed by atoms with Crippen molar-refractivity contribution in [2.24, 2.45) is 0 Å². The zero-order valence-electron chi connectivity index (χ0n) is 10.6. The molecule has 1 rings (SSSR count). The number of piperidine rings is 1. The fourth-order valence-corrected chi connectivity index (χ4v) is 2.42. The van der Waals surface area contributed by atoms with Crippen LogP contribution < -0.4 is 5.32 Å². The number of hydrogen-bond donors (Lipinski definition) is 1. The highest BCUT2D eigenvalue weighted by Gasteiger charge is 2.22. The van der Waals surface area contributed by atoms with Gasteiger partial charge in [0.25, 0.3) is 0 Å². The van der Waals surface area contributed by atoms with E-state index in [2.05, 4.69) is 12.2 Å². The smallest absolute Gasteiger partial charge is 0.307 e. The van der Waals surface area contributed by atoms with Crippen molar-refractivity contribution in [3.63, 3.8) is 0 Å². The Kier molecular flexibility index (Phi) is 6.46. The van der Waals surface area contributed by atoms with Gasteiger partial charge in [0.15, 0.2) is 0 Å². The highest BCUT2D eigenvalue weighted by atomic mass is 16.5. The number of methoxy groups -OCH3 is 1. The van der Waals surface area contributed by atoms with Crippen LogP contribution in [0.5, 0.6) is 0 Å². The SMILES string of the molecule is CCCCC[C@H]1CCC[C@H](CC(=O)OC)N1. The Morgan fingerprint density at radius 3 is 2.75 bits per heavy atom. The van der Waals surface area contributed by atoms with E-state index < -0.39 is 0 Å². The molecule has 0 aromatic rings. The quantitative estimate of drug-likeness (QED) is 0.560. The average Bonchev–Trinajstić information content (AvgIpc) is 2.30. The van der Waals surface area contributed by atoms with Gasteiger partial charge in [-0.05, 0) is 19.3 Å². The van der Waals surface area contributed by atoms with Crippen LogP contribution >= 0.6 is 0 Å². The number of carbonyl (C=O) groups is 1. The first-order chi connectivity index (χ1) is 7.76. The molecule has 94 valence electrons. The molecule has 1 aliphatic heterocycles. The number of rotatable bonds is 6. The molecule has 2 atom stereocenters. The fourth-order valence-electron chi connectivity index (χ4n) is 2.42. The predicted octanol–water partition coefficient (Wildman–Crippen LogP) is 2.64. The van der Waals surface area contributed by atoms with Crippen molar-refractivity contribution >= 4 is 5.97 Å². The fraction of sp³-hybridized carbons (Fsp3) is 0.923. The molecule has 0 radical (unpaired) electrons. The summed E-state index contributed by atoms with van der Waals surface area (Å²) in [4.78, 5) is 11.2. The van der Waals surface area contributed by atoms with Gasteiger partial charge in [0, 0.05) is 12.1 Å². The first kappa shape index (κ1) is 13.5. The van der Waals surface area contributed by atoms with E-state index in [4.69, 9.17) is 4.74 Å². The van der Waals surface area contributed by atoms with Crippen LogP contribution in [-0.2, 0) is 9.53 Å². The van der Waals surface area contributed by atoms with E-state index in [0.29, 0.717) is 18.5 Å². The lowest BCUT2D eigenvalue weighted by atomic mass is 9.93. The Balaban J connectivity index is 2.21. The second-order valence-electron chi connectivity index (χ2n) is 4.77. The largest absolute Gasteiger partial charge is 0.469 e. The lowest BCUT2D eigenvalue weighted by molar-refractivity contribution is -0.141. The summed E-state index contributed by atoms with van der Waals surface area (Å²) in [6.07, 6.45) is 9.30. The Bertz CT molecular complexity index is 206. The molecule has 0 aromatic carbocycles. The Morgan fingerprint density at radius 2 is 2.06 bits per heavy atom. The van der Waals surface area contributed by atoms with Gasteiger partial charge in [0.1, 0.15) is 0 Å². The molecule has 1 N–H and O–H groups in total. The van der Waals surface area contributed by atoms with Gasteiger partial charge in [-0.1, -0.05) is 32.6 Å². The topological polar surface area (TPSA) is 38.3 Å². The van der Waals surface area contributed by atoms with Gasteiger partial charge in [-0.3, -0.25) is 4.79 Å². The Hall–Kier alpha value is -0.570. The predicted molar refractivity (Wildman–Crippen MR) is 65.3 cm³/mol. The van der Waals surface area contributed by atoms with Crippen molar-refractivity contribution in [2.75, 3.05) is 7.11 Å². The van der Waals surface area contributed by atoms with Crippen LogP contribution in [0, 0.1) is 0 Å². The maximum absolute atomic E-state index is 11.2. The number of hydrogen-bond acceptors (Lipinski definition) is 3. The van der Waals surface area contributed by atoms with Crippen LogP contribution in [0.25, 0.3) is 0 Å². The van der Waals surface area contributed by atoms with Crippen LogP contribution in [0.3, 0.4) is 0 Å². The van der Waals surface area contributed by atoms with E-state index in [1.165, 1.54) is 45.6 Å². The van der Waals surface area contributed by atoms with E-state index in [-0.39, 0.29) is 5.97 Å². The molecule has 1 saturated heterocycles. The molecule has 0 aliphatic carbocycles. The minimum atomic E-state index is -0.0910. The van der Waals surface area contributed by atoms with Crippen molar-refractivity contribution < 1.29 is 9.53 Å². The third-order valence-electron chi connectivity index (χ3n) is 3.37. The molecule has 0 aromatic heterocycles. The van der Waals surface area contributed by atoms with Crippen molar-refractivity contribution in [1.29, 1.82) is 0 Å². The molecular weight excluding hydrogens is 202 g/mol. The van der Waals surface area contributed by atoms with Crippen molar-refractivity contribution in [3.05, 3.63) is 0 Å². The average molecular weight is 227 g/mol. The van der Waals surface area contributed by atoms with E-state index in [9.17, 15) is 4.79 Å². The molecule has 0 saturated carbocycles. The van der Waals surface area contributed by atoms with Gasteiger partial charge in [-0.25, -0.2) is 0 Å². The van der Waals surface area contributed by atoms with Gasteiger partial charge in [0.2, 0.25) is 0 Å². The Labute approximate surface area is 98.9 Å². The third kappa shape index (κ3) is 4.97. The van der Waals surface area contributed by atoms with Crippen LogP contribution in [0.2, 0.25) is 0 Å². The van der Waals surface area contributed by atoms with E-state index in [1.807, 2.05) is 0 Å². The van der Waals surface area contributed by atoms with Crippen molar-refractivity contribution in [1.82, 2.24) is 5.32 Å². The number of esters is 1. The van der Waals surface area contributed by atoms with Gasteiger partial charge < -0.3 is 10.1 Å². The Morgan fingerprint density at radius 1 is 1.31 bits per heavy atom. The first-order valence-electron chi connectivity index (χ1n) is 6.59. The second-order valence-corrected chi connectivity index (χ2v) is 4.77. The summed E-state index contributed by atoms with van der Waals surface area (Å²) in [6, 6.07) is 0.961. The standard InChI is InChI=1S/C13H25NO2/c1-3-4-5-7-11-8-6-9-12(14-11)10-13(15)16-2/h11-12,14H,3-10H2,1-2H3/t11-,12+/m0/s1. The molecule has 3 heteroatoms. The van der Waals surface area contributed by atoms with Crippen LogP contribution in [0.1, 0.15) is 58.3 Å². The lowest BCUT2D eigenvalue weighted by Crippen LogP contribution is -2.43. The highest BCUT2D eigenvalue weighted by Crippen LogP contribution is 2.19. The summed E-state index contributed by atoms with van der Waals surface area (Å²) >= 11 is 0. The van der Waals surface area contributed by atoms with Gasteiger partial charge in [-0.2, -0.15) is 0 Å². The molecule has 1 aliphatic rings. The lowest BCUT2D eigenvalue weighted by Gasteiger charge is -2.30. The van der Waals surface area contributed by atoms with Crippen LogP contribution in [0.4, 0.5) is 0 Å². The zero-order chi connectivity index (χ0) is 11.8. The third-order valence-corrected chi connectivity index (χ3v) is 3.37. The van der Waals surface area contributed by atoms with Crippen LogP contribution in [0.15, 0.2) is 0 Å². The normalized spacial score (nSPS) is 25.4. The molecule has 0 bridgehead atoms. The first-order valence-corrected chi connectivity index (χ1v) is 6.59. The van der Waals surface area contributed by atoms with Crippen molar-refractivity contribution in [3.8, 4) is 0 Å². The van der Waals surface area contributed by atoms with Crippen LogP contribution in [-0.4, -0.2) is 25.2 Å². The van der Waals surface area contributed by atoms with Gasteiger partial charge >= 0.3 is 5.97 Å². The number of ether oxygens (including phenoxy) is 1. The molecule has 1 heterocycles. The minimum absolute atomic E-state index is 0.0910. The zero-order valence-corrected chi connectivity index (χ0v) is 10.6. The number of nitrogens with one attached hydrogen (secondary N) is 1. The summed E-state index contributed by atoms with van der Waals surface area (Å²) in [5, 5.41) is 3.58. The highest BCUT2D eigenvalue weighted by molar-refractivity contribution is 5.69. The summed E-state index contributed by atoms with van der Waals surface area (Å²) in [6.45, 7) is 2.23. The van der Waals surface area contributed by atoms with E-state index in [1.54, 1.807) is 0 Å². The monoisotopic (exact) mass is 227 g/mol. The minimum Gasteiger partial charge on any atom is -0.469 e. The van der Waals surface area contributed by atoms with Gasteiger partial charge in [-0.15, -0.1) is 0 Å². The summed E-state index contributed by atoms with van der Waals surface area (Å²) in [7, 11) is 1.46. The molecular formula is C13H25NO2. The van der Waals surface area contributed by atoms with Crippen molar-refractivity contribution in [2.45, 2.75) is 70.4 Å². The molecule has 0 unspecified atom stereocenters. The van der Waals surface area contributed by atoms with E-state index in [0.717, 1.165) is 6.42 Å². The maximum atomic E-state index is 11.2. The molecule has 0 amide bonds. The number of unbranched alkanes of at least 4 members (excludes halogenated alkanes) is 2. The molecule has 16 heavy (non-hydrogen) atoms.